The highest BCUT2D eigenvalue weighted by Crippen LogP contribution is 2.22. The Morgan fingerprint density at radius 2 is 2.13 bits per heavy atom. The largest absolute Gasteiger partial charge is 0.508 e. The van der Waals surface area contributed by atoms with E-state index < -0.39 is 0 Å². The van der Waals surface area contributed by atoms with E-state index in [-0.39, 0.29) is 6.04 Å². The minimum Gasteiger partial charge on any atom is -0.508 e. The van der Waals surface area contributed by atoms with Crippen molar-refractivity contribution < 1.29 is 5.11 Å². The zero-order valence-electron chi connectivity index (χ0n) is 9.40. The molecule has 82 valence electrons. The Morgan fingerprint density at radius 3 is 2.80 bits per heavy atom. The first kappa shape index (κ1) is 11.8. The van der Waals surface area contributed by atoms with Gasteiger partial charge in [-0.2, -0.15) is 0 Å². The van der Waals surface area contributed by atoms with Crippen molar-refractivity contribution in [3.8, 4) is 5.75 Å². The van der Waals surface area contributed by atoms with Crippen molar-refractivity contribution in [3.63, 3.8) is 0 Å². The van der Waals surface area contributed by atoms with Crippen molar-refractivity contribution in [2.45, 2.75) is 26.3 Å². The molecule has 0 amide bonds. The van der Waals surface area contributed by atoms with Crippen molar-refractivity contribution in [1.82, 2.24) is 5.32 Å². The van der Waals surface area contributed by atoms with Crippen molar-refractivity contribution in [1.29, 1.82) is 0 Å². The van der Waals surface area contributed by atoms with Crippen LogP contribution in [0.4, 0.5) is 0 Å². The minimum absolute atomic E-state index is 0.191. The Hall–Kier alpha value is -1.28. The van der Waals surface area contributed by atoms with Crippen LogP contribution < -0.4 is 5.32 Å². The molecule has 15 heavy (non-hydrogen) atoms. The molecule has 0 saturated carbocycles. The quantitative estimate of drug-likeness (QED) is 0.572. The van der Waals surface area contributed by atoms with Gasteiger partial charge in [-0.25, -0.2) is 0 Å². The third-order valence-corrected chi connectivity index (χ3v) is 2.40. The van der Waals surface area contributed by atoms with Gasteiger partial charge in [0.2, 0.25) is 0 Å². The molecule has 1 atom stereocenters. The Balaban J connectivity index is 2.46. The monoisotopic (exact) mass is 205 g/mol. The standard InChI is InChI=1S/C13H19NO/c1-3-4-7-10-14-11(2)12-8-5-6-9-13(12)15/h3-6,8-9,11,14-15H,7,10H2,1-2H3/b4-3+. The van der Waals surface area contributed by atoms with E-state index in [2.05, 4.69) is 18.3 Å². The number of rotatable bonds is 5. The van der Waals surface area contributed by atoms with Gasteiger partial charge >= 0.3 is 0 Å². The van der Waals surface area contributed by atoms with Gasteiger partial charge in [0.15, 0.2) is 0 Å². The van der Waals surface area contributed by atoms with Gasteiger partial charge in [0.1, 0.15) is 5.75 Å². The summed E-state index contributed by atoms with van der Waals surface area (Å²) in [6, 6.07) is 7.64. The van der Waals surface area contributed by atoms with Crippen LogP contribution in [0, 0.1) is 0 Å². The van der Waals surface area contributed by atoms with Crippen LogP contribution in [0.5, 0.6) is 5.75 Å². The normalized spacial score (nSPS) is 13.2. The summed E-state index contributed by atoms with van der Waals surface area (Å²) in [7, 11) is 0. The summed E-state index contributed by atoms with van der Waals surface area (Å²) in [6.07, 6.45) is 5.20. The molecule has 0 spiro atoms. The van der Waals surface area contributed by atoms with E-state index in [1.807, 2.05) is 31.2 Å². The molecule has 1 rings (SSSR count). The number of nitrogens with one attached hydrogen (secondary N) is 1. The van der Waals surface area contributed by atoms with Gasteiger partial charge in [0.05, 0.1) is 0 Å². The molecular weight excluding hydrogens is 186 g/mol. The summed E-state index contributed by atoms with van der Waals surface area (Å²) >= 11 is 0. The third-order valence-electron chi connectivity index (χ3n) is 2.40. The molecule has 0 heterocycles. The molecule has 2 nitrogen and oxygen atoms in total. The molecule has 2 N–H and O–H groups in total. The SMILES string of the molecule is C/C=C/CCNC(C)c1ccccc1O. The van der Waals surface area contributed by atoms with Gasteiger partial charge < -0.3 is 10.4 Å². The van der Waals surface area contributed by atoms with Crippen molar-refractivity contribution in [2.75, 3.05) is 6.54 Å². The molecule has 0 saturated heterocycles. The minimum atomic E-state index is 0.191. The first-order valence-corrected chi connectivity index (χ1v) is 5.38. The lowest BCUT2D eigenvalue weighted by molar-refractivity contribution is 0.453. The average Bonchev–Trinajstić information content (AvgIpc) is 2.25. The third kappa shape index (κ3) is 3.76. The highest BCUT2D eigenvalue weighted by Gasteiger charge is 2.07. The lowest BCUT2D eigenvalue weighted by atomic mass is 10.1. The van der Waals surface area contributed by atoms with Crippen LogP contribution >= 0.6 is 0 Å². The number of aromatic hydroxyl groups is 1. The fraction of sp³-hybridized carbons (Fsp3) is 0.385. The lowest BCUT2D eigenvalue weighted by Crippen LogP contribution is -2.19. The van der Waals surface area contributed by atoms with E-state index in [1.165, 1.54) is 0 Å². The van der Waals surface area contributed by atoms with Crippen LogP contribution in [0.3, 0.4) is 0 Å². The fourth-order valence-corrected chi connectivity index (χ4v) is 1.51. The molecule has 0 aliphatic carbocycles. The highest BCUT2D eigenvalue weighted by molar-refractivity contribution is 5.34. The maximum absolute atomic E-state index is 9.63. The summed E-state index contributed by atoms with van der Waals surface area (Å²) in [6.45, 7) is 5.01. The van der Waals surface area contributed by atoms with Gasteiger partial charge in [-0.3, -0.25) is 0 Å². The van der Waals surface area contributed by atoms with E-state index in [4.69, 9.17) is 0 Å². The van der Waals surface area contributed by atoms with Gasteiger partial charge in [-0.05, 0) is 32.9 Å². The van der Waals surface area contributed by atoms with Crippen LogP contribution in [-0.4, -0.2) is 11.7 Å². The zero-order chi connectivity index (χ0) is 11.1. The van der Waals surface area contributed by atoms with Crippen molar-refractivity contribution in [3.05, 3.63) is 42.0 Å². The van der Waals surface area contributed by atoms with E-state index in [1.54, 1.807) is 6.07 Å². The molecular formula is C13H19NO. The number of phenols is 1. The molecule has 0 aliphatic heterocycles. The molecule has 2 heteroatoms. The van der Waals surface area contributed by atoms with E-state index >= 15 is 0 Å². The maximum Gasteiger partial charge on any atom is 0.120 e. The summed E-state index contributed by atoms with van der Waals surface area (Å²) in [5.41, 5.74) is 0.956. The molecule has 0 radical (unpaired) electrons. The molecule has 0 fully saturated rings. The Morgan fingerprint density at radius 1 is 1.40 bits per heavy atom. The van der Waals surface area contributed by atoms with Crippen LogP contribution in [0.25, 0.3) is 0 Å². The summed E-state index contributed by atoms with van der Waals surface area (Å²) in [5.74, 6) is 0.364. The summed E-state index contributed by atoms with van der Waals surface area (Å²) < 4.78 is 0. The van der Waals surface area contributed by atoms with Gasteiger partial charge in [0, 0.05) is 11.6 Å². The Labute approximate surface area is 91.6 Å². The van der Waals surface area contributed by atoms with Crippen LogP contribution in [-0.2, 0) is 0 Å². The fourth-order valence-electron chi connectivity index (χ4n) is 1.51. The van der Waals surface area contributed by atoms with Crippen molar-refractivity contribution in [2.24, 2.45) is 0 Å². The number of para-hydroxylation sites is 1. The predicted octanol–water partition coefficient (Wildman–Crippen LogP) is 3.01. The molecule has 1 aromatic rings. The van der Waals surface area contributed by atoms with Gasteiger partial charge in [0.25, 0.3) is 0 Å². The molecule has 0 aromatic heterocycles. The highest BCUT2D eigenvalue weighted by atomic mass is 16.3. The van der Waals surface area contributed by atoms with E-state index in [0.29, 0.717) is 5.75 Å². The van der Waals surface area contributed by atoms with Gasteiger partial charge in [-0.1, -0.05) is 30.4 Å². The first-order valence-electron chi connectivity index (χ1n) is 5.38. The number of allylic oxidation sites excluding steroid dienone is 1. The zero-order valence-corrected chi connectivity index (χ0v) is 9.40. The summed E-state index contributed by atoms with van der Waals surface area (Å²) in [5, 5.41) is 13.0. The molecule has 0 aliphatic rings. The van der Waals surface area contributed by atoms with E-state index in [0.717, 1.165) is 18.5 Å². The second-order valence-electron chi connectivity index (χ2n) is 3.59. The van der Waals surface area contributed by atoms with E-state index in [9.17, 15) is 5.11 Å². The number of phenolic OH excluding ortho intramolecular Hbond substituents is 1. The second-order valence-corrected chi connectivity index (χ2v) is 3.59. The summed E-state index contributed by atoms with van der Waals surface area (Å²) in [4.78, 5) is 0. The first-order chi connectivity index (χ1) is 7.25. The van der Waals surface area contributed by atoms with Crippen LogP contribution in [0.15, 0.2) is 36.4 Å². The second kappa shape index (κ2) is 6.25. The van der Waals surface area contributed by atoms with Crippen LogP contribution in [0.2, 0.25) is 0 Å². The molecule has 1 unspecified atom stereocenters. The maximum atomic E-state index is 9.63. The number of hydrogen-bond donors (Lipinski definition) is 2. The lowest BCUT2D eigenvalue weighted by Gasteiger charge is -2.14. The Bertz CT molecular complexity index is 320. The predicted molar refractivity (Wildman–Crippen MR) is 64.0 cm³/mol. The topological polar surface area (TPSA) is 32.3 Å². The molecule has 1 aromatic carbocycles. The number of hydrogen-bond acceptors (Lipinski definition) is 2. The van der Waals surface area contributed by atoms with Crippen molar-refractivity contribution >= 4 is 0 Å². The Kier molecular flexibility index (Phi) is 4.91. The van der Waals surface area contributed by atoms with Crippen LogP contribution in [0.1, 0.15) is 31.9 Å². The average molecular weight is 205 g/mol. The number of benzene rings is 1. The molecule has 0 bridgehead atoms. The smallest absolute Gasteiger partial charge is 0.120 e. The van der Waals surface area contributed by atoms with Gasteiger partial charge in [-0.15, -0.1) is 0 Å².